The standard InChI is InChI=1S/C25H23ClN2O6/c1-31-19-7-9-20(10-8-19)32-13-12-28-22-14-18(4-11-23(22)34-16-25(28)30)27-24(29)15-33-21-5-2-17(26)3-6-21/h2-11,14H,12-13,15-16H2,1H3,(H,27,29). The minimum absolute atomic E-state index is 0.0594. The smallest absolute Gasteiger partial charge is 0.265 e. The lowest BCUT2D eigenvalue weighted by atomic mass is 10.2. The first-order chi connectivity index (χ1) is 16.5. The predicted molar refractivity (Wildman–Crippen MR) is 128 cm³/mol. The Hall–Kier alpha value is -3.91. The quantitative estimate of drug-likeness (QED) is 0.492. The van der Waals surface area contributed by atoms with E-state index in [-0.39, 0.29) is 31.6 Å². The Labute approximate surface area is 201 Å². The molecule has 3 aromatic rings. The highest BCUT2D eigenvalue weighted by molar-refractivity contribution is 6.30. The van der Waals surface area contributed by atoms with Gasteiger partial charge < -0.3 is 29.2 Å². The topological polar surface area (TPSA) is 86.3 Å². The Kier molecular flexibility index (Phi) is 7.39. The minimum atomic E-state index is -0.340. The summed E-state index contributed by atoms with van der Waals surface area (Å²) >= 11 is 5.85. The molecule has 1 aliphatic rings. The van der Waals surface area contributed by atoms with Gasteiger partial charge in [0.25, 0.3) is 11.8 Å². The van der Waals surface area contributed by atoms with Gasteiger partial charge >= 0.3 is 0 Å². The van der Waals surface area contributed by atoms with E-state index in [4.69, 9.17) is 30.5 Å². The van der Waals surface area contributed by atoms with Crippen molar-refractivity contribution in [1.29, 1.82) is 0 Å². The molecule has 0 unspecified atom stereocenters. The fourth-order valence-corrected chi connectivity index (χ4v) is 3.45. The Bertz CT molecular complexity index is 1150. The zero-order valence-corrected chi connectivity index (χ0v) is 19.2. The van der Waals surface area contributed by atoms with Gasteiger partial charge in [0.2, 0.25) is 0 Å². The van der Waals surface area contributed by atoms with Gasteiger partial charge in [0, 0.05) is 10.7 Å². The zero-order chi connectivity index (χ0) is 23.9. The van der Waals surface area contributed by atoms with Crippen molar-refractivity contribution in [2.45, 2.75) is 0 Å². The van der Waals surface area contributed by atoms with Crippen molar-refractivity contribution in [1.82, 2.24) is 0 Å². The number of methoxy groups -OCH3 is 1. The second-order valence-electron chi connectivity index (χ2n) is 7.33. The lowest BCUT2D eigenvalue weighted by Crippen LogP contribution is -2.41. The molecule has 4 rings (SSSR count). The summed E-state index contributed by atoms with van der Waals surface area (Å²) in [4.78, 5) is 26.4. The van der Waals surface area contributed by atoms with E-state index in [2.05, 4.69) is 5.32 Å². The molecule has 34 heavy (non-hydrogen) atoms. The van der Waals surface area contributed by atoms with Crippen LogP contribution in [0, 0.1) is 0 Å². The number of fused-ring (bicyclic) bond motifs is 1. The van der Waals surface area contributed by atoms with Crippen molar-refractivity contribution in [2.24, 2.45) is 0 Å². The molecule has 1 N–H and O–H groups in total. The second-order valence-corrected chi connectivity index (χ2v) is 7.77. The van der Waals surface area contributed by atoms with Crippen molar-refractivity contribution in [3.63, 3.8) is 0 Å². The highest BCUT2D eigenvalue weighted by Gasteiger charge is 2.26. The van der Waals surface area contributed by atoms with Gasteiger partial charge in [0.1, 0.15) is 29.6 Å². The molecule has 1 heterocycles. The average molecular weight is 483 g/mol. The van der Waals surface area contributed by atoms with Crippen molar-refractivity contribution < 1.29 is 28.5 Å². The maximum Gasteiger partial charge on any atom is 0.265 e. The van der Waals surface area contributed by atoms with E-state index >= 15 is 0 Å². The predicted octanol–water partition coefficient (Wildman–Crippen LogP) is 4.17. The minimum Gasteiger partial charge on any atom is -0.497 e. The molecule has 0 bridgehead atoms. The van der Waals surface area contributed by atoms with Crippen LogP contribution in [0.25, 0.3) is 0 Å². The molecule has 0 fully saturated rings. The normalized spacial score (nSPS) is 12.4. The highest BCUT2D eigenvalue weighted by Crippen LogP contribution is 2.34. The first-order valence-corrected chi connectivity index (χ1v) is 10.9. The summed E-state index contributed by atoms with van der Waals surface area (Å²) in [6.07, 6.45) is 0. The number of nitrogens with zero attached hydrogens (tertiary/aromatic N) is 1. The number of halogens is 1. The number of benzene rings is 3. The number of hydrogen-bond acceptors (Lipinski definition) is 6. The SMILES string of the molecule is COc1ccc(OCCN2C(=O)COc3ccc(NC(=O)COc4ccc(Cl)cc4)cc32)cc1. The van der Waals surface area contributed by atoms with Crippen LogP contribution in [0.4, 0.5) is 11.4 Å². The van der Waals surface area contributed by atoms with Crippen LogP contribution in [-0.4, -0.2) is 45.3 Å². The molecule has 1 aliphatic heterocycles. The summed E-state index contributed by atoms with van der Waals surface area (Å²) in [6.45, 7) is 0.366. The third kappa shape index (κ3) is 5.90. The lowest BCUT2D eigenvalue weighted by Gasteiger charge is -2.29. The Morgan fingerprint density at radius 2 is 1.68 bits per heavy atom. The highest BCUT2D eigenvalue weighted by atomic mass is 35.5. The molecule has 0 spiro atoms. The molecule has 0 saturated carbocycles. The van der Waals surface area contributed by atoms with Crippen LogP contribution in [0.15, 0.2) is 66.7 Å². The molecule has 8 nitrogen and oxygen atoms in total. The number of amides is 2. The largest absolute Gasteiger partial charge is 0.497 e. The van der Waals surface area contributed by atoms with Crippen molar-refractivity contribution >= 4 is 34.8 Å². The molecule has 9 heteroatoms. The third-order valence-electron chi connectivity index (χ3n) is 5.01. The van der Waals surface area contributed by atoms with E-state index in [0.717, 1.165) is 5.75 Å². The maximum absolute atomic E-state index is 12.5. The van der Waals surface area contributed by atoms with Gasteiger partial charge in [0.15, 0.2) is 13.2 Å². The summed E-state index contributed by atoms with van der Waals surface area (Å²) in [6, 6.07) is 19.1. The van der Waals surface area contributed by atoms with Crippen LogP contribution in [0.3, 0.4) is 0 Å². The monoisotopic (exact) mass is 482 g/mol. The fraction of sp³-hybridized carbons (Fsp3) is 0.200. The number of carbonyl (C=O) groups is 2. The number of nitrogens with one attached hydrogen (secondary N) is 1. The van der Waals surface area contributed by atoms with Gasteiger partial charge in [-0.1, -0.05) is 11.6 Å². The van der Waals surface area contributed by atoms with E-state index in [1.54, 1.807) is 78.7 Å². The first kappa shape index (κ1) is 23.3. The van der Waals surface area contributed by atoms with Gasteiger partial charge in [0.05, 0.1) is 19.3 Å². The number of hydrogen-bond donors (Lipinski definition) is 1. The summed E-state index contributed by atoms with van der Waals surface area (Å²) in [7, 11) is 1.60. The number of carbonyl (C=O) groups excluding carboxylic acids is 2. The van der Waals surface area contributed by atoms with Gasteiger partial charge in [-0.05, 0) is 66.7 Å². The molecule has 0 aliphatic carbocycles. The molecule has 176 valence electrons. The second kappa shape index (κ2) is 10.8. The number of ether oxygens (including phenoxy) is 4. The van der Waals surface area contributed by atoms with Crippen LogP contribution < -0.4 is 29.2 Å². The molecule has 2 amide bonds. The van der Waals surface area contributed by atoms with Crippen LogP contribution in [-0.2, 0) is 9.59 Å². The fourth-order valence-electron chi connectivity index (χ4n) is 3.33. The van der Waals surface area contributed by atoms with Crippen LogP contribution in [0.1, 0.15) is 0 Å². The lowest BCUT2D eigenvalue weighted by molar-refractivity contribution is -0.121. The third-order valence-corrected chi connectivity index (χ3v) is 5.26. The number of rotatable bonds is 9. The molecule has 0 radical (unpaired) electrons. The van der Waals surface area contributed by atoms with Crippen molar-refractivity contribution in [3.05, 3.63) is 71.8 Å². The van der Waals surface area contributed by atoms with E-state index < -0.39 is 0 Å². The van der Waals surface area contributed by atoms with E-state index in [9.17, 15) is 9.59 Å². The van der Waals surface area contributed by atoms with Gasteiger partial charge in [-0.25, -0.2) is 0 Å². The summed E-state index contributed by atoms with van der Waals surface area (Å²) in [5.41, 5.74) is 1.08. The molecule has 0 aromatic heterocycles. The summed E-state index contributed by atoms with van der Waals surface area (Å²) in [5, 5.41) is 3.36. The van der Waals surface area contributed by atoms with Gasteiger partial charge in [-0.3, -0.25) is 9.59 Å². The van der Waals surface area contributed by atoms with Crippen LogP contribution in [0.5, 0.6) is 23.0 Å². The molecule has 0 atom stereocenters. The average Bonchev–Trinajstić information content (AvgIpc) is 2.85. The Morgan fingerprint density at radius 1 is 1.00 bits per heavy atom. The van der Waals surface area contributed by atoms with Crippen LogP contribution >= 0.6 is 11.6 Å². The molecule has 3 aromatic carbocycles. The molecular formula is C25H23ClN2O6. The van der Waals surface area contributed by atoms with E-state index in [1.165, 1.54) is 0 Å². The molecule has 0 saturated heterocycles. The van der Waals surface area contributed by atoms with E-state index in [1.807, 2.05) is 0 Å². The van der Waals surface area contributed by atoms with Crippen LogP contribution in [0.2, 0.25) is 5.02 Å². The van der Waals surface area contributed by atoms with Gasteiger partial charge in [-0.15, -0.1) is 0 Å². The van der Waals surface area contributed by atoms with Crippen molar-refractivity contribution in [2.75, 3.05) is 43.7 Å². The Balaban J connectivity index is 1.36. The zero-order valence-electron chi connectivity index (χ0n) is 18.5. The maximum atomic E-state index is 12.5. The Morgan fingerprint density at radius 3 is 2.41 bits per heavy atom. The summed E-state index contributed by atoms with van der Waals surface area (Å²) < 4.78 is 21.9. The van der Waals surface area contributed by atoms with E-state index in [0.29, 0.717) is 40.2 Å². The number of anilines is 2. The van der Waals surface area contributed by atoms with Crippen molar-refractivity contribution in [3.8, 4) is 23.0 Å². The molecular weight excluding hydrogens is 460 g/mol. The first-order valence-electron chi connectivity index (χ1n) is 10.5. The summed E-state index contributed by atoms with van der Waals surface area (Å²) in [5.74, 6) is 1.96. The van der Waals surface area contributed by atoms with Gasteiger partial charge in [-0.2, -0.15) is 0 Å².